The molecule has 0 aliphatic rings. The summed E-state index contributed by atoms with van der Waals surface area (Å²) in [6, 6.07) is 7.07. The Hall–Kier alpha value is -1.54. The molecule has 102 valence electrons. The van der Waals surface area contributed by atoms with Crippen molar-refractivity contribution in [3.05, 3.63) is 28.2 Å². The third kappa shape index (κ3) is 4.92. The Balaban J connectivity index is 2.69. The predicted molar refractivity (Wildman–Crippen MR) is 79.8 cm³/mol. The molecule has 1 rings (SSSR count). The SMILES string of the molecule is CC(C)CNC(=O)C(C)Nc1ccc(Br)cc1C#N. The summed E-state index contributed by atoms with van der Waals surface area (Å²) in [6.07, 6.45) is 0. The van der Waals surface area contributed by atoms with E-state index in [1.807, 2.05) is 19.9 Å². The van der Waals surface area contributed by atoms with Gasteiger partial charge in [0, 0.05) is 11.0 Å². The number of benzene rings is 1. The number of rotatable bonds is 5. The van der Waals surface area contributed by atoms with Crippen molar-refractivity contribution in [1.29, 1.82) is 5.26 Å². The maximum atomic E-state index is 11.9. The molecule has 19 heavy (non-hydrogen) atoms. The van der Waals surface area contributed by atoms with Gasteiger partial charge in [-0.25, -0.2) is 0 Å². The highest BCUT2D eigenvalue weighted by molar-refractivity contribution is 9.10. The zero-order chi connectivity index (χ0) is 14.4. The molecule has 4 nitrogen and oxygen atoms in total. The summed E-state index contributed by atoms with van der Waals surface area (Å²) >= 11 is 3.31. The van der Waals surface area contributed by atoms with Gasteiger partial charge in [0.2, 0.25) is 5.91 Å². The quantitative estimate of drug-likeness (QED) is 0.875. The monoisotopic (exact) mass is 323 g/mol. The van der Waals surface area contributed by atoms with E-state index in [4.69, 9.17) is 5.26 Å². The van der Waals surface area contributed by atoms with Gasteiger partial charge in [-0.1, -0.05) is 29.8 Å². The fraction of sp³-hybridized carbons (Fsp3) is 0.429. The van der Waals surface area contributed by atoms with Crippen LogP contribution < -0.4 is 10.6 Å². The molecule has 1 aromatic carbocycles. The summed E-state index contributed by atoms with van der Waals surface area (Å²) < 4.78 is 0.839. The number of hydrogen-bond acceptors (Lipinski definition) is 3. The predicted octanol–water partition coefficient (Wildman–Crippen LogP) is 2.89. The molecule has 0 saturated heterocycles. The zero-order valence-electron chi connectivity index (χ0n) is 11.3. The van der Waals surface area contributed by atoms with E-state index in [0.29, 0.717) is 23.7 Å². The molecule has 2 N–H and O–H groups in total. The number of amides is 1. The van der Waals surface area contributed by atoms with Gasteiger partial charge in [-0.05, 0) is 31.0 Å². The number of carbonyl (C=O) groups is 1. The van der Waals surface area contributed by atoms with Gasteiger partial charge in [-0.15, -0.1) is 0 Å². The summed E-state index contributed by atoms with van der Waals surface area (Å²) in [7, 11) is 0. The highest BCUT2D eigenvalue weighted by Crippen LogP contribution is 2.20. The molecule has 0 aliphatic heterocycles. The molecule has 0 saturated carbocycles. The summed E-state index contributed by atoms with van der Waals surface area (Å²) in [4.78, 5) is 11.9. The van der Waals surface area contributed by atoms with Crippen molar-refractivity contribution in [3.63, 3.8) is 0 Å². The van der Waals surface area contributed by atoms with Crippen molar-refractivity contribution in [2.24, 2.45) is 5.92 Å². The van der Waals surface area contributed by atoms with Gasteiger partial charge in [-0.2, -0.15) is 5.26 Å². The van der Waals surface area contributed by atoms with E-state index in [1.54, 1.807) is 19.1 Å². The molecule has 1 unspecified atom stereocenters. The van der Waals surface area contributed by atoms with Crippen molar-refractivity contribution in [2.75, 3.05) is 11.9 Å². The van der Waals surface area contributed by atoms with Gasteiger partial charge in [0.05, 0.1) is 11.3 Å². The van der Waals surface area contributed by atoms with Crippen molar-refractivity contribution >= 4 is 27.5 Å². The van der Waals surface area contributed by atoms with Crippen LogP contribution in [0.4, 0.5) is 5.69 Å². The third-order valence-electron chi connectivity index (χ3n) is 2.55. The largest absolute Gasteiger partial charge is 0.373 e. The van der Waals surface area contributed by atoms with Gasteiger partial charge in [-0.3, -0.25) is 4.79 Å². The number of nitrogens with one attached hydrogen (secondary N) is 2. The normalized spacial score (nSPS) is 11.8. The lowest BCUT2D eigenvalue weighted by atomic mass is 10.1. The number of carbonyl (C=O) groups excluding carboxylic acids is 1. The Labute approximate surface area is 122 Å². The standard InChI is InChI=1S/C14H18BrN3O/c1-9(2)8-17-14(19)10(3)18-13-5-4-12(15)6-11(13)7-16/h4-6,9-10,18H,8H2,1-3H3,(H,17,19). The smallest absolute Gasteiger partial charge is 0.242 e. The zero-order valence-corrected chi connectivity index (χ0v) is 12.9. The fourth-order valence-corrected chi connectivity index (χ4v) is 1.85. The molecule has 0 heterocycles. The van der Waals surface area contributed by atoms with E-state index in [1.165, 1.54) is 0 Å². The van der Waals surface area contributed by atoms with Crippen molar-refractivity contribution < 1.29 is 4.79 Å². The minimum Gasteiger partial charge on any atom is -0.373 e. The van der Waals surface area contributed by atoms with Gasteiger partial charge < -0.3 is 10.6 Å². The third-order valence-corrected chi connectivity index (χ3v) is 3.05. The van der Waals surface area contributed by atoms with Gasteiger partial charge in [0.15, 0.2) is 0 Å². The van der Waals surface area contributed by atoms with E-state index in [-0.39, 0.29) is 11.9 Å². The van der Waals surface area contributed by atoms with Crippen LogP contribution in [0.3, 0.4) is 0 Å². The molecule has 0 aromatic heterocycles. The van der Waals surface area contributed by atoms with Crippen LogP contribution >= 0.6 is 15.9 Å². The molecule has 5 heteroatoms. The minimum atomic E-state index is -0.382. The first kappa shape index (κ1) is 15.5. The average molecular weight is 324 g/mol. The van der Waals surface area contributed by atoms with Gasteiger partial charge >= 0.3 is 0 Å². The van der Waals surface area contributed by atoms with Crippen LogP contribution in [0.25, 0.3) is 0 Å². The van der Waals surface area contributed by atoms with E-state index < -0.39 is 0 Å². The molecule has 1 atom stereocenters. The first-order chi connectivity index (χ1) is 8.93. The second-order valence-electron chi connectivity index (χ2n) is 4.81. The van der Waals surface area contributed by atoms with Gasteiger partial charge in [0.1, 0.15) is 12.1 Å². The van der Waals surface area contributed by atoms with E-state index in [2.05, 4.69) is 32.6 Å². The fourth-order valence-electron chi connectivity index (χ4n) is 1.49. The number of anilines is 1. The van der Waals surface area contributed by atoms with Crippen molar-refractivity contribution in [3.8, 4) is 6.07 Å². The highest BCUT2D eigenvalue weighted by Gasteiger charge is 2.14. The molecule has 0 fully saturated rings. The lowest BCUT2D eigenvalue weighted by molar-refractivity contribution is -0.121. The number of hydrogen-bond donors (Lipinski definition) is 2. The maximum Gasteiger partial charge on any atom is 0.242 e. The number of halogens is 1. The van der Waals surface area contributed by atoms with Crippen LogP contribution in [-0.4, -0.2) is 18.5 Å². The second-order valence-corrected chi connectivity index (χ2v) is 5.72. The van der Waals surface area contributed by atoms with Gasteiger partial charge in [0.25, 0.3) is 0 Å². The van der Waals surface area contributed by atoms with Crippen LogP contribution in [-0.2, 0) is 4.79 Å². The Bertz CT molecular complexity index is 494. The van der Waals surface area contributed by atoms with Crippen molar-refractivity contribution in [1.82, 2.24) is 5.32 Å². The van der Waals surface area contributed by atoms with E-state index in [0.717, 1.165) is 4.47 Å². The molecule has 0 spiro atoms. The Morgan fingerprint density at radius 2 is 2.11 bits per heavy atom. The average Bonchev–Trinajstić information content (AvgIpc) is 2.37. The highest BCUT2D eigenvalue weighted by atomic mass is 79.9. The molecule has 0 aliphatic carbocycles. The first-order valence-electron chi connectivity index (χ1n) is 6.18. The Kier molecular flexibility index (Phi) is 5.84. The van der Waals surface area contributed by atoms with Crippen LogP contribution in [0.5, 0.6) is 0 Å². The topological polar surface area (TPSA) is 64.9 Å². The molecular weight excluding hydrogens is 306 g/mol. The first-order valence-corrected chi connectivity index (χ1v) is 6.97. The second kappa shape index (κ2) is 7.15. The minimum absolute atomic E-state index is 0.0690. The number of nitriles is 1. The lowest BCUT2D eigenvalue weighted by Crippen LogP contribution is -2.39. The summed E-state index contributed by atoms with van der Waals surface area (Å²) in [5, 5.41) is 15.0. The molecule has 1 aromatic rings. The van der Waals surface area contributed by atoms with Crippen LogP contribution in [0.15, 0.2) is 22.7 Å². The van der Waals surface area contributed by atoms with Crippen molar-refractivity contribution in [2.45, 2.75) is 26.8 Å². The summed E-state index contributed by atoms with van der Waals surface area (Å²) in [5.41, 5.74) is 1.18. The molecule has 1 amide bonds. The van der Waals surface area contributed by atoms with E-state index >= 15 is 0 Å². The Morgan fingerprint density at radius 3 is 2.68 bits per heavy atom. The number of nitrogens with zero attached hydrogens (tertiary/aromatic N) is 1. The summed E-state index contributed by atoms with van der Waals surface area (Å²) in [5.74, 6) is 0.346. The van der Waals surface area contributed by atoms with Crippen LogP contribution in [0.2, 0.25) is 0 Å². The lowest BCUT2D eigenvalue weighted by Gasteiger charge is -2.17. The molecular formula is C14H18BrN3O. The Morgan fingerprint density at radius 1 is 1.42 bits per heavy atom. The van der Waals surface area contributed by atoms with E-state index in [9.17, 15) is 4.79 Å². The molecule has 0 bridgehead atoms. The summed E-state index contributed by atoms with van der Waals surface area (Å²) in [6.45, 7) is 6.51. The van der Waals surface area contributed by atoms with Crippen LogP contribution in [0, 0.1) is 17.2 Å². The molecule has 0 radical (unpaired) electrons. The maximum absolute atomic E-state index is 11.9. The van der Waals surface area contributed by atoms with Crippen LogP contribution in [0.1, 0.15) is 26.3 Å².